The topological polar surface area (TPSA) is 98.1 Å². The summed E-state index contributed by atoms with van der Waals surface area (Å²) in [5.41, 5.74) is 2.50. The molecule has 0 fully saturated rings. The molecule has 8 nitrogen and oxygen atoms in total. The summed E-state index contributed by atoms with van der Waals surface area (Å²) in [7, 11) is 0. The molecular formula is C20H19N5O3. The minimum Gasteiger partial charge on any atom is -0.483 e. The van der Waals surface area contributed by atoms with E-state index in [4.69, 9.17) is 4.74 Å². The van der Waals surface area contributed by atoms with E-state index >= 15 is 0 Å². The molecular weight excluding hydrogens is 358 g/mol. The maximum Gasteiger partial charge on any atom is 0.262 e. The third-order valence-corrected chi connectivity index (χ3v) is 4.55. The first-order valence-corrected chi connectivity index (χ1v) is 8.88. The van der Waals surface area contributed by atoms with Gasteiger partial charge in [0.1, 0.15) is 12.1 Å². The number of carbonyl (C=O) groups is 2. The fourth-order valence-corrected chi connectivity index (χ4v) is 3.18. The van der Waals surface area contributed by atoms with E-state index in [0.29, 0.717) is 11.7 Å². The number of aryl methyl sites for hydroxylation is 1. The van der Waals surface area contributed by atoms with Gasteiger partial charge in [0.05, 0.1) is 12.5 Å². The van der Waals surface area contributed by atoms with Crippen molar-refractivity contribution in [1.29, 1.82) is 0 Å². The van der Waals surface area contributed by atoms with Gasteiger partial charge in [-0.15, -0.1) is 0 Å². The van der Waals surface area contributed by atoms with Crippen LogP contribution in [0.4, 0.5) is 11.6 Å². The van der Waals surface area contributed by atoms with E-state index in [1.54, 1.807) is 10.7 Å². The molecule has 0 radical (unpaired) electrons. The molecule has 0 unspecified atom stereocenters. The predicted molar refractivity (Wildman–Crippen MR) is 103 cm³/mol. The zero-order valence-corrected chi connectivity index (χ0v) is 15.3. The molecule has 1 aliphatic rings. The molecule has 2 heterocycles. The summed E-state index contributed by atoms with van der Waals surface area (Å²) >= 11 is 0. The molecule has 4 rings (SSSR count). The summed E-state index contributed by atoms with van der Waals surface area (Å²) in [6.07, 6.45) is 1.61. The van der Waals surface area contributed by atoms with Crippen LogP contribution in [0.15, 0.2) is 54.9 Å². The van der Waals surface area contributed by atoms with Crippen molar-refractivity contribution in [2.75, 3.05) is 17.2 Å². The number of carbonyl (C=O) groups excluding carboxylic acids is 2. The average molecular weight is 377 g/mol. The molecule has 1 atom stereocenters. The minimum atomic E-state index is -0.345. The number of hydrogen-bond donors (Lipinski definition) is 2. The highest BCUT2D eigenvalue weighted by atomic mass is 16.5. The molecule has 0 saturated carbocycles. The molecule has 8 heteroatoms. The molecule has 3 aromatic rings. The lowest BCUT2D eigenvalue weighted by molar-refractivity contribution is -0.118. The third kappa shape index (κ3) is 3.57. The molecule has 142 valence electrons. The number of amides is 2. The van der Waals surface area contributed by atoms with Crippen molar-refractivity contribution in [1.82, 2.24) is 14.8 Å². The molecule has 1 aliphatic heterocycles. The Hall–Kier alpha value is -3.68. The molecule has 1 aromatic heterocycles. The van der Waals surface area contributed by atoms with Gasteiger partial charge < -0.3 is 10.1 Å². The number of hydrogen-bond acceptors (Lipinski definition) is 5. The lowest BCUT2D eigenvalue weighted by atomic mass is 10.0. The van der Waals surface area contributed by atoms with Crippen LogP contribution in [0, 0.1) is 6.92 Å². The second kappa shape index (κ2) is 7.51. The third-order valence-electron chi connectivity index (χ3n) is 4.55. The molecule has 0 bridgehead atoms. The first kappa shape index (κ1) is 17.7. The highest BCUT2D eigenvalue weighted by Crippen LogP contribution is 2.34. The Morgan fingerprint density at radius 3 is 2.89 bits per heavy atom. The average Bonchev–Trinajstić information content (AvgIpc) is 3.16. The van der Waals surface area contributed by atoms with Gasteiger partial charge in [-0.25, -0.2) is 4.68 Å². The highest BCUT2D eigenvalue weighted by Gasteiger charge is 2.29. The van der Waals surface area contributed by atoms with E-state index in [9.17, 15) is 9.59 Å². The summed E-state index contributed by atoms with van der Waals surface area (Å²) in [5.74, 6) is 0.529. The number of fused-ring (bicyclic) bond motifs is 1. The number of benzene rings is 2. The van der Waals surface area contributed by atoms with E-state index in [2.05, 4.69) is 20.7 Å². The molecule has 0 aliphatic carbocycles. The number of para-hydroxylation sites is 2. The van der Waals surface area contributed by atoms with Gasteiger partial charge in [0.2, 0.25) is 11.9 Å². The lowest BCUT2D eigenvalue weighted by Gasteiger charge is -2.25. The molecule has 0 saturated heterocycles. The van der Waals surface area contributed by atoms with Crippen LogP contribution in [0.3, 0.4) is 0 Å². The van der Waals surface area contributed by atoms with Crippen molar-refractivity contribution >= 4 is 23.5 Å². The van der Waals surface area contributed by atoms with Gasteiger partial charge in [0, 0.05) is 11.3 Å². The molecule has 2 N–H and O–H groups in total. The predicted octanol–water partition coefficient (Wildman–Crippen LogP) is 2.54. The normalized spacial score (nSPS) is 15.5. The van der Waals surface area contributed by atoms with Crippen molar-refractivity contribution in [2.45, 2.75) is 19.4 Å². The second-order valence-corrected chi connectivity index (χ2v) is 6.49. The van der Waals surface area contributed by atoms with Crippen molar-refractivity contribution in [2.24, 2.45) is 0 Å². The summed E-state index contributed by atoms with van der Waals surface area (Å²) in [6, 6.07) is 14.5. The molecule has 2 amide bonds. The Kier molecular flexibility index (Phi) is 4.76. The van der Waals surface area contributed by atoms with Gasteiger partial charge in [-0.1, -0.05) is 36.4 Å². The fraction of sp³-hybridized carbons (Fsp3) is 0.200. The van der Waals surface area contributed by atoms with Crippen LogP contribution in [-0.4, -0.2) is 33.2 Å². The van der Waals surface area contributed by atoms with E-state index in [-0.39, 0.29) is 30.9 Å². The Labute approximate surface area is 161 Å². The Morgan fingerprint density at radius 2 is 2.04 bits per heavy atom. The van der Waals surface area contributed by atoms with Gasteiger partial charge >= 0.3 is 0 Å². The fourth-order valence-electron chi connectivity index (χ4n) is 3.18. The molecule has 0 spiro atoms. The van der Waals surface area contributed by atoms with E-state index in [0.717, 1.165) is 16.8 Å². The Balaban J connectivity index is 1.51. The first-order valence-electron chi connectivity index (χ1n) is 8.88. The van der Waals surface area contributed by atoms with Crippen molar-refractivity contribution in [3.05, 3.63) is 66.0 Å². The smallest absolute Gasteiger partial charge is 0.262 e. The van der Waals surface area contributed by atoms with Crippen molar-refractivity contribution in [3.8, 4) is 5.75 Å². The number of ether oxygens (including phenoxy) is 1. The largest absolute Gasteiger partial charge is 0.483 e. The Bertz CT molecular complexity index is 1030. The SMILES string of the molecule is Cc1ccccc1NC(=O)COc1ccccc1[C@@H]1CC(=O)Nc2ncnn21. The summed E-state index contributed by atoms with van der Waals surface area (Å²) in [5, 5.41) is 9.74. The quantitative estimate of drug-likeness (QED) is 0.712. The zero-order valence-electron chi connectivity index (χ0n) is 15.3. The van der Waals surface area contributed by atoms with Crippen LogP contribution in [0.2, 0.25) is 0 Å². The van der Waals surface area contributed by atoms with Crippen LogP contribution < -0.4 is 15.4 Å². The van der Waals surface area contributed by atoms with Crippen molar-refractivity contribution in [3.63, 3.8) is 0 Å². The monoisotopic (exact) mass is 377 g/mol. The number of anilines is 2. The standard InChI is InChI=1S/C20H19N5O3/c1-13-6-2-4-8-15(13)23-19(27)11-28-17-9-5-3-7-14(17)16-10-18(26)24-20-21-12-22-25(16)20/h2-9,12,16H,10-11H2,1H3,(H,23,27)(H,21,22,24,26)/t16-/m0/s1. The van der Waals surface area contributed by atoms with E-state index in [1.807, 2.05) is 49.4 Å². The van der Waals surface area contributed by atoms with Crippen LogP contribution in [0.25, 0.3) is 0 Å². The van der Waals surface area contributed by atoms with Crippen LogP contribution >= 0.6 is 0 Å². The summed E-state index contributed by atoms with van der Waals surface area (Å²) < 4.78 is 7.44. The number of rotatable bonds is 5. The van der Waals surface area contributed by atoms with Crippen LogP contribution in [-0.2, 0) is 9.59 Å². The van der Waals surface area contributed by atoms with Gasteiger partial charge in [-0.2, -0.15) is 10.1 Å². The van der Waals surface area contributed by atoms with Crippen LogP contribution in [0.1, 0.15) is 23.6 Å². The van der Waals surface area contributed by atoms with E-state index < -0.39 is 0 Å². The highest BCUT2D eigenvalue weighted by molar-refractivity contribution is 5.92. The van der Waals surface area contributed by atoms with Gasteiger partial charge in [0.25, 0.3) is 5.91 Å². The molecule has 28 heavy (non-hydrogen) atoms. The van der Waals surface area contributed by atoms with E-state index in [1.165, 1.54) is 6.33 Å². The van der Waals surface area contributed by atoms with Gasteiger partial charge in [-0.05, 0) is 24.6 Å². The number of aromatic nitrogens is 3. The summed E-state index contributed by atoms with van der Waals surface area (Å²) in [6.45, 7) is 1.78. The maximum absolute atomic E-state index is 12.3. The zero-order chi connectivity index (χ0) is 19.5. The summed E-state index contributed by atoms with van der Waals surface area (Å²) in [4.78, 5) is 28.4. The lowest BCUT2D eigenvalue weighted by Crippen LogP contribution is -2.29. The minimum absolute atomic E-state index is 0.141. The van der Waals surface area contributed by atoms with Crippen molar-refractivity contribution < 1.29 is 14.3 Å². The van der Waals surface area contributed by atoms with Gasteiger partial charge in [-0.3, -0.25) is 14.9 Å². The Morgan fingerprint density at radius 1 is 1.25 bits per heavy atom. The van der Waals surface area contributed by atoms with Crippen LogP contribution in [0.5, 0.6) is 5.75 Å². The number of nitrogens with zero attached hydrogens (tertiary/aromatic N) is 3. The maximum atomic E-state index is 12.3. The van der Waals surface area contributed by atoms with Gasteiger partial charge in [0.15, 0.2) is 6.61 Å². The first-order chi connectivity index (χ1) is 13.6. The second-order valence-electron chi connectivity index (χ2n) is 6.49. The molecule has 2 aromatic carbocycles. The number of nitrogens with one attached hydrogen (secondary N) is 2.